The predicted molar refractivity (Wildman–Crippen MR) is 92.0 cm³/mol. The summed E-state index contributed by atoms with van der Waals surface area (Å²) in [5.74, 6) is 0.226. The second-order valence-corrected chi connectivity index (χ2v) is 6.49. The van der Waals surface area contributed by atoms with E-state index < -0.39 is 12.0 Å². The van der Waals surface area contributed by atoms with Crippen LogP contribution in [0.15, 0.2) is 17.3 Å². The van der Waals surface area contributed by atoms with Gasteiger partial charge in [0, 0.05) is 30.1 Å². The number of aliphatic hydroxyl groups is 1. The van der Waals surface area contributed by atoms with Crippen LogP contribution in [0, 0.1) is 0 Å². The molecule has 0 aliphatic heterocycles. The molecule has 0 spiro atoms. The van der Waals surface area contributed by atoms with Gasteiger partial charge in [-0.2, -0.15) is 11.8 Å². The van der Waals surface area contributed by atoms with Crippen LogP contribution in [0.1, 0.15) is 12.0 Å². The van der Waals surface area contributed by atoms with E-state index in [1.165, 1.54) is 18.1 Å². The number of nitrogens with two attached hydrogens (primary N) is 1. The van der Waals surface area contributed by atoms with Gasteiger partial charge in [-0.3, -0.25) is 9.59 Å². The molecule has 0 saturated heterocycles. The van der Waals surface area contributed by atoms with Crippen molar-refractivity contribution in [3.8, 4) is 0 Å². The van der Waals surface area contributed by atoms with Crippen LogP contribution in [0.4, 0.5) is 0 Å². The highest BCUT2D eigenvalue weighted by atomic mass is 32.2. The summed E-state index contributed by atoms with van der Waals surface area (Å²) in [6.45, 7) is 0.408. The summed E-state index contributed by atoms with van der Waals surface area (Å²) in [5.41, 5.74) is 7.07. The van der Waals surface area contributed by atoms with E-state index in [0.29, 0.717) is 35.5 Å². The van der Waals surface area contributed by atoms with Crippen LogP contribution in [0.25, 0.3) is 11.0 Å². The van der Waals surface area contributed by atoms with Crippen molar-refractivity contribution < 1.29 is 15.0 Å². The maximum atomic E-state index is 11.6. The molecule has 0 saturated carbocycles. The predicted octanol–water partition coefficient (Wildman–Crippen LogP) is -0.763. The number of hydrogen-bond donors (Lipinski definition) is 6. The molecule has 7 N–H and O–H groups in total. The SMILES string of the molecule is N[C@@H](CCSC[C@H](CO)NCc1c[nH]c2c(=O)[nH]cnc12)C(=O)O. The number of aliphatic carboxylic acids is 1. The van der Waals surface area contributed by atoms with Crippen molar-refractivity contribution in [2.75, 3.05) is 18.1 Å². The molecule has 0 bridgehead atoms. The lowest BCUT2D eigenvalue weighted by Crippen LogP contribution is -2.35. The number of carbonyl (C=O) groups is 1. The van der Waals surface area contributed by atoms with E-state index in [1.807, 2.05) is 0 Å². The molecule has 24 heavy (non-hydrogen) atoms. The quantitative estimate of drug-likeness (QED) is 0.303. The zero-order valence-electron chi connectivity index (χ0n) is 13.0. The zero-order chi connectivity index (χ0) is 17.5. The summed E-state index contributed by atoms with van der Waals surface area (Å²) in [7, 11) is 0. The van der Waals surface area contributed by atoms with Gasteiger partial charge in [0.05, 0.1) is 18.5 Å². The fourth-order valence-corrected chi connectivity index (χ4v) is 3.22. The molecule has 0 aliphatic rings. The van der Waals surface area contributed by atoms with E-state index >= 15 is 0 Å². The van der Waals surface area contributed by atoms with Gasteiger partial charge < -0.3 is 31.2 Å². The standard InChI is InChI=1S/C14H21N5O4S/c15-10(14(22)23)1-2-24-6-9(5-20)16-3-8-4-17-12-11(8)18-7-19-13(12)21/h4,7,9-10,16-17,20H,1-3,5-6,15H2,(H,22,23)(H,18,19,21)/t9-,10-/m0/s1. The number of aliphatic hydroxyl groups excluding tert-OH is 1. The zero-order valence-corrected chi connectivity index (χ0v) is 13.8. The molecule has 0 radical (unpaired) electrons. The first-order chi connectivity index (χ1) is 11.5. The molecule has 132 valence electrons. The van der Waals surface area contributed by atoms with Gasteiger partial charge in [-0.1, -0.05) is 0 Å². The van der Waals surface area contributed by atoms with Gasteiger partial charge in [-0.15, -0.1) is 0 Å². The van der Waals surface area contributed by atoms with E-state index in [2.05, 4.69) is 20.3 Å². The van der Waals surface area contributed by atoms with Crippen molar-refractivity contribution in [3.63, 3.8) is 0 Å². The number of aromatic amines is 2. The summed E-state index contributed by atoms with van der Waals surface area (Å²) >= 11 is 1.53. The molecule has 2 atom stereocenters. The summed E-state index contributed by atoms with van der Waals surface area (Å²) in [6, 6.07) is -1.00. The lowest BCUT2D eigenvalue weighted by molar-refractivity contribution is -0.138. The number of aromatic nitrogens is 3. The minimum Gasteiger partial charge on any atom is -0.480 e. The van der Waals surface area contributed by atoms with Crippen molar-refractivity contribution in [1.29, 1.82) is 0 Å². The van der Waals surface area contributed by atoms with Crippen molar-refractivity contribution >= 4 is 28.8 Å². The maximum Gasteiger partial charge on any atom is 0.320 e. The van der Waals surface area contributed by atoms with Gasteiger partial charge in [0.25, 0.3) is 5.56 Å². The van der Waals surface area contributed by atoms with Gasteiger partial charge in [0.15, 0.2) is 0 Å². The number of hydrogen-bond acceptors (Lipinski definition) is 7. The molecule has 0 unspecified atom stereocenters. The van der Waals surface area contributed by atoms with Crippen LogP contribution < -0.4 is 16.6 Å². The number of H-pyrrole nitrogens is 2. The number of fused-ring (bicyclic) bond motifs is 1. The van der Waals surface area contributed by atoms with Crippen molar-refractivity contribution in [1.82, 2.24) is 20.3 Å². The van der Waals surface area contributed by atoms with Gasteiger partial charge in [-0.25, -0.2) is 4.98 Å². The Labute approximate surface area is 142 Å². The van der Waals surface area contributed by atoms with Crippen LogP contribution >= 0.6 is 11.8 Å². The van der Waals surface area contributed by atoms with E-state index in [9.17, 15) is 14.7 Å². The summed E-state index contributed by atoms with van der Waals surface area (Å²) in [4.78, 5) is 31.8. The average Bonchev–Trinajstić information content (AvgIpc) is 2.98. The Balaban J connectivity index is 1.81. The Kier molecular flexibility index (Phi) is 6.79. The van der Waals surface area contributed by atoms with Crippen LogP contribution in [0.5, 0.6) is 0 Å². The second kappa shape index (κ2) is 8.83. The highest BCUT2D eigenvalue weighted by Crippen LogP contribution is 2.12. The largest absolute Gasteiger partial charge is 0.480 e. The molecule has 2 heterocycles. The molecule has 2 aromatic rings. The number of nitrogens with zero attached hydrogens (tertiary/aromatic N) is 1. The Morgan fingerprint density at radius 2 is 2.25 bits per heavy atom. The van der Waals surface area contributed by atoms with Crippen LogP contribution in [-0.4, -0.2) is 61.3 Å². The highest BCUT2D eigenvalue weighted by Gasteiger charge is 2.13. The van der Waals surface area contributed by atoms with Crippen molar-refractivity contribution in [3.05, 3.63) is 28.4 Å². The Morgan fingerprint density at radius 1 is 1.46 bits per heavy atom. The first kappa shape index (κ1) is 18.5. The summed E-state index contributed by atoms with van der Waals surface area (Å²) in [6.07, 6.45) is 3.45. The minimum atomic E-state index is -1.01. The Morgan fingerprint density at radius 3 is 2.96 bits per heavy atom. The molecule has 0 fully saturated rings. The third-order valence-electron chi connectivity index (χ3n) is 3.56. The lowest BCUT2D eigenvalue weighted by Gasteiger charge is -2.16. The van der Waals surface area contributed by atoms with Gasteiger partial charge in [0.2, 0.25) is 0 Å². The topological polar surface area (TPSA) is 157 Å². The van der Waals surface area contributed by atoms with E-state index in [1.54, 1.807) is 6.20 Å². The molecule has 2 rings (SSSR count). The summed E-state index contributed by atoms with van der Waals surface area (Å²) < 4.78 is 0. The van der Waals surface area contributed by atoms with E-state index in [0.717, 1.165) is 5.56 Å². The van der Waals surface area contributed by atoms with Crippen LogP contribution in [0.2, 0.25) is 0 Å². The second-order valence-electron chi connectivity index (χ2n) is 5.34. The van der Waals surface area contributed by atoms with E-state index in [-0.39, 0.29) is 18.2 Å². The molecule has 2 aromatic heterocycles. The number of rotatable bonds is 10. The van der Waals surface area contributed by atoms with Gasteiger partial charge in [0.1, 0.15) is 11.6 Å². The van der Waals surface area contributed by atoms with E-state index in [4.69, 9.17) is 10.8 Å². The maximum absolute atomic E-state index is 11.6. The first-order valence-electron chi connectivity index (χ1n) is 7.47. The first-order valence-corrected chi connectivity index (χ1v) is 8.62. The normalized spacial score (nSPS) is 13.9. The van der Waals surface area contributed by atoms with Crippen LogP contribution in [0.3, 0.4) is 0 Å². The number of carboxylic acid groups (broad SMARTS) is 1. The van der Waals surface area contributed by atoms with Crippen LogP contribution in [-0.2, 0) is 11.3 Å². The molecule has 10 heteroatoms. The molecular formula is C14H21N5O4S. The third kappa shape index (κ3) is 4.81. The average molecular weight is 355 g/mol. The van der Waals surface area contributed by atoms with Gasteiger partial charge in [-0.05, 0) is 12.2 Å². The third-order valence-corrected chi connectivity index (χ3v) is 4.72. The Bertz CT molecular complexity index is 731. The smallest absolute Gasteiger partial charge is 0.320 e. The fourth-order valence-electron chi connectivity index (χ4n) is 2.13. The number of nitrogens with one attached hydrogen (secondary N) is 3. The highest BCUT2D eigenvalue weighted by molar-refractivity contribution is 7.99. The van der Waals surface area contributed by atoms with Crippen molar-refractivity contribution in [2.45, 2.75) is 25.0 Å². The lowest BCUT2D eigenvalue weighted by atomic mass is 10.2. The Hall–Kier alpha value is -1.88. The molecule has 0 amide bonds. The number of thioether (sulfide) groups is 1. The fraction of sp³-hybridized carbons (Fsp3) is 0.500. The molecule has 9 nitrogen and oxygen atoms in total. The monoisotopic (exact) mass is 355 g/mol. The van der Waals surface area contributed by atoms with Gasteiger partial charge >= 0.3 is 5.97 Å². The molecule has 0 aliphatic carbocycles. The molecular weight excluding hydrogens is 334 g/mol. The van der Waals surface area contributed by atoms with Crippen molar-refractivity contribution in [2.24, 2.45) is 5.73 Å². The number of carboxylic acids is 1. The minimum absolute atomic E-state index is 0.0473. The summed E-state index contributed by atoms with van der Waals surface area (Å²) in [5, 5.41) is 21.4. The molecule has 0 aromatic carbocycles.